The number of sulfonamides is 1. The van der Waals surface area contributed by atoms with Crippen LogP contribution in [0.3, 0.4) is 0 Å². The van der Waals surface area contributed by atoms with E-state index in [2.05, 4.69) is 25.9 Å². The average Bonchev–Trinajstić information content (AvgIpc) is 3.82. The minimum atomic E-state index is -3.85. The summed E-state index contributed by atoms with van der Waals surface area (Å²) in [6.07, 6.45) is 7.71. The average molecular weight is 1000 g/mol. The van der Waals surface area contributed by atoms with E-state index >= 15 is 0 Å². The first-order valence-electron chi connectivity index (χ1n) is 23.3. The van der Waals surface area contributed by atoms with Crippen molar-refractivity contribution < 1.29 is 56.1 Å². The Labute approximate surface area is 412 Å². The highest BCUT2D eigenvalue weighted by Crippen LogP contribution is 2.17. The number of hydrogen-bond donors (Lipinski definition) is 4. The van der Waals surface area contributed by atoms with Crippen LogP contribution in [0, 0.1) is 0 Å². The predicted molar refractivity (Wildman–Crippen MR) is 259 cm³/mol. The highest BCUT2D eigenvalue weighted by Gasteiger charge is 2.31. The number of ether oxygens (including phenoxy) is 4. The highest BCUT2D eigenvalue weighted by atomic mass is 32.2. The highest BCUT2D eigenvalue weighted by molar-refractivity contribution is 7.89. The number of benzene rings is 1. The molecule has 2 aromatic heterocycles. The predicted octanol–water partition coefficient (Wildman–Crippen LogP) is 4.44. The largest absolute Gasteiger partial charge is 0.459 e. The van der Waals surface area contributed by atoms with E-state index in [9.17, 15) is 37.2 Å². The topological polar surface area (TPSA) is 274 Å². The van der Waals surface area contributed by atoms with E-state index in [1.165, 1.54) is 12.1 Å². The molecule has 3 aromatic rings. The molecule has 0 aliphatic rings. The van der Waals surface area contributed by atoms with E-state index in [0.717, 1.165) is 5.56 Å². The van der Waals surface area contributed by atoms with Gasteiger partial charge < -0.3 is 44.0 Å². The molecule has 0 saturated carbocycles. The first-order chi connectivity index (χ1) is 32.2. The quantitative estimate of drug-likeness (QED) is 0.0549. The monoisotopic (exact) mass is 1000 g/mol. The summed E-state index contributed by atoms with van der Waals surface area (Å²) in [6, 6.07) is 2.68. The molecule has 0 saturated heterocycles. The summed E-state index contributed by atoms with van der Waals surface area (Å²) in [5, 5.41) is 13.2. The molecule has 1 unspecified atom stereocenters. The van der Waals surface area contributed by atoms with Crippen molar-refractivity contribution in [3.8, 4) is 0 Å². The molecular weight excluding hydrogens is 927 g/mol. The minimum absolute atomic E-state index is 0.0314. The maximum atomic E-state index is 13.7. The maximum Gasteiger partial charge on any atom is 0.329 e. The molecule has 0 bridgehead atoms. The summed E-state index contributed by atoms with van der Waals surface area (Å²) >= 11 is 0. The third-order valence-electron chi connectivity index (χ3n) is 9.63. The molecule has 0 fully saturated rings. The van der Waals surface area contributed by atoms with E-state index in [-0.39, 0.29) is 56.9 Å². The molecule has 0 aliphatic carbocycles. The summed E-state index contributed by atoms with van der Waals surface area (Å²) < 4.78 is 48.9. The summed E-state index contributed by atoms with van der Waals surface area (Å²) in [5.74, 6) is -1.59. The van der Waals surface area contributed by atoms with Crippen LogP contribution < -0.4 is 21.1 Å². The van der Waals surface area contributed by atoms with E-state index in [1.54, 1.807) is 129 Å². The first-order valence-corrected chi connectivity index (χ1v) is 24.9. The molecule has 1 aromatic carbocycles. The van der Waals surface area contributed by atoms with Crippen LogP contribution in [0.4, 0.5) is 4.79 Å². The molecule has 2 heterocycles. The third-order valence-corrected chi connectivity index (χ3v) is 10.6. The number of nitrogens with two attached hydrogens (primary N) is 1. The minimum Gasteiger partial charge on any atom is -0.459 e. The zero-order valence-electron chi connectivity index (χ0n) is 42.9. The van der Waals surface area contributed by atoms with Crippen LogP contribution in [0.2, 0.25) is 0 Å². The molecule has 70 heavy (non-hydrogen) atoms. The van der Waals surface area contributed by atoms with Crippen molar-refractivity contribution in [1.29, 1.82) is 0 Å². The molecule has 3 amide bonds. The fourth-order valence-electron chi connectivity index (χ4n) is 6.75. The number of imidazole rings is 2. The van der Waals surface area contributed by atoms with Crippen molar-refractivity contribution in [2.75, 3.05) is 13.1 Å². The van der Waals surface area contributed by atoms with Crippen LogP contribution in [0.5, 0.6) is 0 Å². The molecule has 0 radical (unpaired) electrons. The number of aromatic nitrogens is 4. The molecular formula is C48H75N9O12S. The molecule has 5 N–H and O–H groups in total. The van der Waals surface area contributed by atoms with E-state index < -0.39 is 80.3 Å². The van der Waals surface area contributed by atoms with Gasteiger partial charge in [-0.3, -0.25) is 19.3 Å². The Balaban J connectivity index is 1.75. The number of urea groups is 1. The summed E-state index contributed by atoms with van der Waals surface area (Å²) in [4.78, 5) is 90.2. The Morgan fingerprint density at radius 1 is 0.657 bits per heavy atom. The summed E-state index contributed by atoms with van der Waals surface area (Å²) in [7, 11) is -3.85. The van der Waals surface area contributed by atoms with Crippen molar-refractivity contribution in [3.63, 3.8) is 0 Å². The summed E-state index contributed by atoms with van der Waals surface area (Å²) in [6.45, 7) is 21.9. The van der Waals surface area contributed by atoms with Crippen LogP contribution in [-0.2, 0) is 85.5 Å². The SMILES string of the molecule is CC(C)(C)OC(=O)Cn1ccnc1CN(CCCCC(NC(=O)N[C@@H](CCC(=O)NCCc1ccc(S(N)(=O)=O)cc1)C(=O)OC(C)(C)C)C(=O)OC(C)(C)C)Cc1nccn1CC(=O)OC(C)(C)C. The van der Waals surface area contributed by atoms with Crippen LogP contribution in [0.15, 0.2) is 53.9 Å². The van der Waals surface area contributed by atoms with Gasteiger partial charge in [-0.15, -0.1) is 0 Å². The lowest BCUT2D eigenvalue weighted by Crippen LogP contribution is -2.53. The maximum absolute atomic E-state index is 13.7. The Morgan fingerprint density at radius 3 is 1.53 bits per heavy atom. The Bertz CT molecular complexity index is 2270. The Morgan fingerprint density at radius 2 is 1.10 bits per heavy atom. The van der Waals surface area contributed by atoms with Gasteiger partial charge in [-0.2, -0.15) is 0 Å². The Kier molecular flexibility index (Phi) is 21.1. The van der Waals surface area contributed by atoms with Crippen LogP contribution in [0.25, 0.3) is 0 Å². The number of esters is 4. The van der Waals surface area contributed by atoms with Gasteiger partial charge in [0, 0.05) is 37.8 Å². The molecule has 390 valence electrons. The molecule has 0 spiro atoms. The zero-order valence-corrected chi connectivity index (χ0v) is 43.7. The van der Waals surface area contributed by atoms with Crippen LogP contribution >= 0.6 is 0 Å². The standard InChI is InChI=1S/C48H75N9O12S/c1-45(2,3)66-40(59)31-56-27-24-50-37(56)29-55(30-38-51-25-28-57(38)32-41(60)67-46(4,5)6)26-14-13-15-35(42(61)68-47(7,8)9)53-44(63)54-36(43(62)69-48(10,11)12)20-21-39(58)52-23-22-33-16-18-34(19-17-33)70(49,64)65/h16-19,24-25,27-28,35-36H,13-15,20-23,26,29-32H2,1-12H3,(H,52,58)(H2,49,64,65)(H2,53,54,63)/t35?,36-/m0/s1. The second-order valence-electron chi connectivity index (χ2n) is 20.9. The van der Waals surface area contributed by atoms with Gasteiger partial charge in [0.25, 0.3) is 0 Å². The number of primary sulfonamides is 1. The van der Waals surface area contributed by atoms with Crippen molar-refractivity contribution in [3.05, 3.63) is 66.3 Å². The molecule has 22 heteroatoms. The number of nitrogens with zero attached hydrogens (tertiary/aromatic N) is 5. The number of carbonyl (C=O) groups is 6. The van der Waals surface area contributed by atoms with Crippen LogP contribution in [-0.4, -0.2) is 116 Å². The van der Waals surface area contributed by atoms with Gasteiger partial charge in [-0.1, -0.05) is 12.1 Å². The zero-order chi connectivity index (χ0) is 52.7. The van der Waals surface area contributed by atoms with Gasteiger partial charge >= 0.3 is 29.9 Å². The number of amides is 3. The number of nitrogens with one attached hydrogen (secondary N) is 3. The molecule has 2 atom stereocenters. The van der Waals surface area contributed by atoms with Gasteiger partial charge in [-0.05, 0) is 139 Å². The van der Waals surface area contributed by atoms with Gasteiger partial charge in [0.2, 0.25) is 15.9 Å². The van der Waals surface area contributed by atoms with Gasteiger partial charge in [0.15, 0.2) is 0 Å². The van der Waals surface area contributed by atoms with E-state index in [0.29, 0.717) is 37.5 Å². The number of hydrogen-bond acceptors (Lipinski definition) is 15. The fraction of sp³-hybridized carbons (Fsp3) is 0.625. The molecule has 0 aliphatic heterocycles. The fourth-order valence-corrected chi connectivity index (χ4v) is 7.27. The molecule has 3 rings (SSSR count). The van der Waals surface area contributed by atoms with Crippen molar-refractivity contribution in [2.45, 2.75) is 187 Å². The van der Waals surface area contributed by atoms with Crippen molar-refractivity contribution >= 4 is 45.8 Å². The third kappa shape index (κ3) is 23.2. The summed E-state index contributed by atoms with van der Waals surface area (Å²) in [5.41, 5.74) is -2.42. The normalized spacial score (nSPS) is 13.2. The smallest absolute Gasteiger partial charge is 0.329 e. The van der Waals surface area contributed by atoms with Crippen LogP contribution in [0.1, 0.15) is 132 Å². The van der Waals surface area contributed by atoms with Gasteiger partial charge in [-0.25, -0.2) is 37.9 Å². The van der Waals surface area contributed by atoms with Crippen molar-refractivity contribution in [2.24, 2.45) is 5.14 Å². The lowest BCUT2D eigenvalue weighted by Gasteiger charge is -2.27. The number of unbranched alkanes of at least 4 members (excludes halogenated alkanes) is 1. The van der Waals surface area contributed by atoms with Gasteiger partial charge in [0.1, 0.15) is 59.2 Å². The van der Waals surface area contributed by atoms with E-state index in [1.807, 2.05) is 4.90 Å². The van der Waals surface area contributed by atoms with Gasteiger partial charge in [0.05, 0.1) is 18.0 Å². The number of rotatable bonds is 24. The lowest BCUT2D eigenvalue weighted by atomic mass is 10.1. The lowest BCUT2D eigenvalue weighted by molar-refractivity contribution is -0.158. The first kappa shape index (κ1) is 58.4. The number of carbonyl (C=O) groups excluding carboxylic acids is 6. The Hall–Kier alpha value is -5.87. The van der Waals surface area contributed by atoms with E-state index in [4.69, 9.17) is 24.1 Å². The second kappa shape index (κ2) is 25.3. The van der Waals surface area contributed by atoms with Crippen molar-refractivity contribution in [1.82, 2.24) is 40.0 Å². The molecule has 21 nitrogen and oxygen atoms in total. The second-order valence-corrected chi connectivity index (χ2v) is 22.5.